The number of hydrogen-bond donors (Lipinski definition) is 1. The Hall–Kier alpha value is -3.67. The number of aryl methyl sites for hydroxylation is 1. The molecule has 0 aliphatic carbocycles. The predicted octanol–water partition coefficient (Wildman–Crippen LogP) is 6.44. The fourth-order valence-electron chi connectivity index (χ4n) is 2.86. The Morgan fingerprint density at radius 2 is 1.94 bits per heavy atom. The molecule has 3 aromatic carbocycles. The van der Waals surface area contributed by atoms with Crippen LogP contribution < -0.4 is 10.1 Å². The summed E-state index contributed by atoms with van der Waals surface area (Å²) in [5, 5.41) is 23.6. The summed E-state index contributed by atoms with van der Waals surface area (Å²) in [4.78, 5) is 23.1. The first-order valence-corrected chi connectivity index (χ1v) is 10.8. The van der Waals surface area contributed by atoms with Crippen LogP contribution in [-0.4, -0.2) is 10.8 Å². The topological polar surface area (TPSA) is 105 Å². The summed E-state index contributed by atoms with van der Waals surface area (Å²) >= 11 is 9.39. The van der Waals surface area contributed by atoms with E-state index in [4.69, 9.17) is 16.3 Å². The average molecular weight is 527 g/mol. The number of carbonyl (C=O) groups is 1. The van der Waals surface area contributed by atoms with E-state index in [2.05, 4.69) is 21.2 Å². The molecular formula is C24H17BrClN3O4. The number of benzene rings is 3. The minimum atomic E-state index is -0.579. The molecule has 0 heterocycles. The largest absolute Gasteiger partial charge is 0.488 e. The van der Waals surface area contributed by atoms with Crippen molar-refractivity contribution in [1.29, 1.82) is 5.26 Å². The van der Waals surface area contributed by atoms with E-state index in [1.54, 1.807) is 48.5 Å². The number of nitro benzene ring substituents is 1. The number of halogens is 2. The number of non-ortho nitro benzene ring substituents is 1. The minimum absolute atomic E-state index is 0.00868. The minimum Gasteiger partial charge on any atom is -0.488 e. The number of nitro groups is 1. The van der Waals surface area contributed by atoms with Crippen molar-refractivity contribution in [1.82, 2.24) is 0 Å². The summed E-state index contributed by atoms with van der Waals surface area (Å²) in [5.41, 5.74) is 2.43. The molecule has 3 rings (SSSR count). The van der Waals surface area contributed by atoms with Gasteiger partial charge in [0.1, 0.15) is 24.0 Å². The molecule has 0 saturated heterocycles. The normalized spacial score (nSPS) is 10.9. The molecule has 0 atom stereocenters. The summed E-state index contributed by atoms with van der Waals surface area (Å²) in [7, 11) is 0. The summed E-state index contributed by atoms with van der Waals surface area (Å²) in [6.07, 6.45) is 1.44. The Bertz CT molecular complexity index is 1280. The van der Waals surface area contributed by atoms with Gasteiger partial charge in [0.05, 0.1) is 4.92 Å². The summed E-state index contributed by atoms with van der Waals surface area (Å²) in [6.45, 7) is 1.97. The van der Waals surface area contributed by atoms with Gasteiger partial charge in [0.25, 0.3) is 11.6 Å². The maximum atomic E-state index is 12.7. The second-order valence-electron chi connectivity index (χ2n) is 6.98. The van der Waals surface area contributed by atoms with Gasteiger partial charge in [0.2, 0.25) is 0 Å². The van der Waals surface area contributed by atoms with E-state index in [0.29, 0.717) is 22.0 Å². The molecule has 7 nitrogen and oxygen atoms in total. The van der Waals surface area contributed by atoms with Crippen LogP contribution in [0.3, 0.4) is 0 Å². The predicted molar refractivity (Wildman–Crippen MR) is 130 cm³/mol. The number of carbonyl (C=O) groups excluding carboxylic acids is 1. The third kappa shape index (κ3) is 6.42. The highest BCUT2D eigenvalue weighted by Gasteiger charge is 2.14. The molecule has 0 unspecified atom stereocenters. The van der Waals surface area contributed by atoms with E-state index < -0.39 is 10.8 Å². The first-order valence-electron chi connectivity index (χ1n) is 9.62. The van der Waals surface area contributed by atoms with Crippen LogP contribution in [0.4, 0.5) is 11.4 Å². The molecule has 3 aromatic rings. The number of ether oxygens (including phenoxy) is 1. The zero-order chi connectivity index (χ0) is 24.0. The fourth-order valence-corrected chi connectivity index (χ4v) is 3.41. The SMILES string of the molecule is Cc1ccc(Cl)cc1NC(=O)/C(C#N)=C/c1cc(Br)ccc1OCc1ccc([N+](=O)[O-])cc1. The Morgan fingerprint density at radius 3 is 2.61 bits per heavy atom. The third-order valence-corrected chi connectivity index (χ3v) is 5.35. The van der Waals surface area contributed by atoms with Crippen molar-refractivity contribution in [2.45, 2.75) is 13.5 Å². The summed E-state index contributed by atoms with van der Waals surface area (Å²) < 4.78 is 6.60. The van der Waals surface area contributed by atoms with Crippen LogP contribution in [0.25, 0.3) is 6.08 Å². The highest BCUT2D eigenvalue weighted by Crippen LogP contribution is 2.27. The van der Waals surface area contributed by atoms with E-state index in [1.807, 2.05) is 13.0 Å². The van der Waals surface area contributed by atoms with Gasteiger partial charge in [-0.1, -0.05) is 33.6 Å². The molecule has 1 amide bonds. The van der Waals surface area contributed by atoms with Gasteiger partial charge >= 0.3 is 0 Å². The molecule has 1 N–H and O–H groups in total. The summed E-state index contributed by atoms with van der Waals surface area (Å²) in [6, 6.07) is 18.2. The number of hydrogen-bond acceptors (Lipinski definition) is 5. The summed E-state index contributed by atoms with van der Waals surface area (Å²) in [5.74, 6) is -0.139. The first kappa shape index (κ1) is 24.0. The van der Waals surface area contributed by atoms with E-state index in [-0.39, 0.29) is 17.9 Å². The lowest BCUT2D eigenvalue weighted by Crippen LogP contribution is -2.14. The molecule has 0 spiro atoms. The molecule has 33 heavy (non-hydrogen) atoms. The van der Waals surface area contributed by atoms with Crippen LogP contribution in [0.5, 0.6) is 5.75 Å². The number of nitriles is 1. The lowest BCUT2D eigenvalue weighted by Gasteiger charge is -2.11. The molecule has 0 radical (unpaired) electrons. The monoisotopic (exact) mass is 525 g/mol. The molecular weight excluding hydrogens is 510 g/mol. The molecule has 0 bridgehead atoms. The van der Waals surface area contributed by atoms with Crippen molar-refractivity contribution < 1.29 is 14.5 Å². The number of nitrogens with zero attached hydrogens (tertiary/aromatic N) is 2. The Labute approximate surface area is 203 Å². The van der Waals surface area contributed by atoms with Crippen LogP contribution in [0.2, 0.25) is 5.02 Å². The second kappa shape index (κ2) is 10.8. The molecule has 166 valence electrons. The van der Waals surface area contributed by atoms with Gasteiger partial charge < -0.3 is 10.1 Å². The van der Waals surface area contributed by atoms with Crippen LogP contribution >= 0.6 is 27.5 Å². The standard InChI is InChI=1S/C24H17BrClN3O4/c1-15-2-6-20(26)12-22(15)28-24(30)18(13-27)10-17-11-19(25)5-9-23(17)33-14-16-3-7-21(8-4-16)29(31)32/h2-12H,14H2,1H3,(H,28,30)/b18-10+. The zero-order valence-electron chi connectivity index (χ0n) is 17.3. The third-order valence-electron chi connectivity index (χ3n) is 4.63. The Balaban J connectivity index is 1.82. The maximum Gasteiger partial charge on any atom is 0.269 e. The lowest BCUT2D eigenvalue weighted by molar-refractivity contribution is -0.384. The number of nitrogens with one attached hydrogen (secondary N) is 1. The van der Waals surface area contributed by atoms with Crippen molar-refractivity contribution in [3.63, 3.8) is 0 Å². The van der Waals surface area contributed by atoms with Crippen LogP contribution in [0.15, 0.2) is 70.7 Å². The van der Waals surface area contributed by atoms with Crippen LogP contribution in [-0.2, 0) is 11.4 Å². The Morgan fingerprint density at radius 1 is 1.21 bits per heavy atom. The van der Waals surface area contributed by atoms with E-state index in [0.717, 1.165) is 15.6 Å². The van der Waals surface area contributed by atoms with Crippen molar-refractivity contribution >= 4 is 50.9 Å². The number of amides is 1. The number of anilines is 1. The van der Waals surface area contributed by atoms with Crippen LogP contribution in [0, 0.1) is 28.4 Å². The van der Waals surface area contributed by atoms with Gasteiger partial charge in [-0.05, 0) is 66.6 Å². The van der Waals surface area contributed by atoms with Gasteiger partial charge in [-0.3, -0.25) is 14.9 Å². The number of rotatable bonds is 7. The van der Waals surface area contributed by atoms with Gasteiger partial charge in [0, 0.05) is 32.9 Å². The maximum absolute atomic E-state index is 12.7. The van der Waals surface area contributed by atoms with Gasteiger partial charge in [0.15, 0.2) is 0 Å². The molecule has 0 fully saturated rings. The van der Waals surface area contributed by atoms with E-state index >= 15 is 0 Å². The second-order valence-corrected chi connectivity index (χ2v) is 8.33. The lowest BCUT2D eigenvalue weighted by atomic mass is 10.1. The fraction of sp³-hybridized carbons (Fsp3) is 0.0833. The van der Waals surface area contributed by atoms with Crippen molar-refractivity contribution in [2.75, 3.05) is 5.32 Å². The smallest absolute Gasteiger partial charge is 0.269 e. The molecule has 0 aliphatic heterocycles. The first-order chi connectivity index (χ1) is 15.8. The van der Waals surface area contributed by atoms with Gasteiger partial charge in [-0.2, -0.15) is 5.26 Å². The molecule has 0 aromatic heterocycles. The van der Waals surface area contributed by atoms with E-state index in [9.17, 15) is 20.2 Å². The van der Waals surface area contributed by atoms with E-state index in [1.165, 1.54) is 18.2 Å². The van der Waals surface area contributed by atoms with Gasteiger partial charge in [-0.15, -0.1) is 0 Å². The van der Waals surface area contributed by atoms with Crippen molar-refractivity contribution in [2.24, 2.45) is 0 Å². The average Bonchev–Trinajstić information content (AvgIpc) is 2.79. The van der Waals surface area contributed by atoms with Crippen molar-refractivity contribution in [3.05, 3.63) is 103 Å². The molecule has 0 aliphatic rings. The quantitative estimate of drug-likeness (QED) is 0.165. The molecule has 9 heteroatoms. The Kier molecular flexibility index (Phi) is 7.83. The highest BCUT2D eigenvalue weighted by atomic mass is 79.9. The van der Waals surface area contributed by atoms with Crippen LogP contribution in [0.1, 0.15) is 16.7 Å². The zero-order valence-corrected chi connectivity index (χ0v) is 19.7. The highest BCUT2D eigenvalue weighted by molar-refractivity contribution is 9.10. The van der Waals surface area contributed by atoms with Gasteiger partial charge in [-0.25, -0.2) is 0 Å². The molecule has 0 saturated carbocycles. The van der Waals surface area contributed by atoms with Crippen molar-refractivity contribution in [3.8, 4) is 11.8 Å².